The van der Waals surface area contributed by atoms with Crippen LogP contribution in [0.25, 0.3) is 0 Å². The first-order valence-electron chi connectivity index (χ1n) is 10.4. The van der Waals surface area contributed by atoms with Crippen LogP contribution in [0.1, 0.15) is 24.9 Å². The number of non-ortho nitro benzene ring substituents is 1. The van der Waals surface area contributed by atoms with Crippen LogP contribution in [0.4, 0.5) is 5.69 Å². The lowest BCUT2D eigenvalue weighted by atomic mass is 10.0. The minimum absolute atomic E-state index is 0.0271. The number of sulfonamides is 1. The monoisotopic (exact) mass is 554 g/mol. The van der Waals surface area contributed by atoms with Crippen molar-refractivity contribution in [3.05, 3.63) is 101 Å². The molecule has 0 aliphatic rings. The Labute approximate surface area is 213 Å². The molecule has 0 aliphatic carbocycles. The summed E-state index contributed by atoms with van der Waals surface area (Å²) in [5, 5.41) is 11.0. The van der Waals surface area contributed by atoms with Crippen LogP contribution in [-0.4, -0.2) is 34.3 Å². The molecule has 3 rings (SSSR count). The Morgan fingerprint density at radius 3 is 1.97 bits per heavy atom. The molecule has 3 aromatic carbocycles. The molecule has 0 bridgehead atoms. The molecule has 0 spiro atoms. The standard InChI is InChI=1S/C17H18N2O6S.C6H5ClO2S/c1-2-25-17(20)12-16(13-7-6-8-14(11-13)19(21)22)18-26(23,24)15-9-4-3-5-10-15;7-10(8,9)6-4-2-1-3-5-6/h3-11,16,18H,2,12H2,1H3;1-5H. The molecule has 0 fully saturated rings. The zero-order chi connectivity index (χ0) is 26.8. The minimum Gasteiger partial charge on any atom is -0.466 e. The maximum atomic E-state index is 12.6. The van der Waals surface area contributed by atoms with Gasteiger partial charge in [0, 0.05) is 22.8 Å². The minimum atomic E-state index is -3.93. The molecule has 1 atom stereocenters. The normalized spacial score (nSPS) is 12.1. The second-order valence-electron chi connectivity index (χ2n) is 7.10. The molecule has 0 heterocycles. The molecule has 3 aromatic rings. The number of nitro benzene ring substituents is 1. The highest BCUT2D eigenvalue weighted by Crippen LogP contribution is 2.24. The van der Waals surface area contributed by atoms with E-state index in [9.17, 15) is 31.7 Å². The topological polar surface area (TPSA) is 150 Å². The number of nitro groups is 1. The lowest BCUT2D eigenvalue weighted by Gasteiger charge is -2.18. The highest BCUT2D eigenvalue weighted by Gasteiger charge is 2.25. The van der Waals surface area contributed by atoms with Crippen LogP contribution in [-0.2, 0) is 28.6 Å². The molecule has 192 valence electrons. The third-order valence-electron chi connectivity index (χ3n) is 4.54. The fourth-order valence-electron chi connectivity index (χ4n) is 2.91. The average molecular weight is 555 g/mol. The van der Waals surface area contributed by atoms with Crippen molar-refractivity contribution in [3.8, 4) is 0 Å². The summed E-state index contributed by atoms with van der Waals surface area (Å²) in [6.07, 6.45) is -0.291. The number of esters is 1. The molecule has 36 heavy (non-hydrogen) atoms. The number of nitrogens with zero attached hydrogens (tertiary/aromatic N) is 1. The molecular weight excluding hydrogens is 532 g/mol. The Hall–Kier alpha value is -3.32. The number of carbonyl (C=O) groups excluding carboxylic acids is 1. The summed E-state index contributed by atoms with van der Waals surface area (Å²) >= 11 is 0. The predicted molar refractivity (Wildman–Crippen MR) is 133 cm³/mol. The van der Waals surface area contributed by atoms with Gasteiger partial charge >= 0.3 is 5.97 Å². The average Bonchev–Trinajstić information content (AvgIpc) is 2.85. The van der Waals surface area contributed by atoms with Gasteiger partial charge in [-0.3, -0.25) is 14.9 Å². The first-order chi connectivity index (χ1) is 16.9. The summed E-state index contributed by atoms with van der Waals surface area (Å²) in [7, 11) is -2.43. The largest absolute Gasteiger partial charge is 0.466 e. The number of ether oxygens (including phenoxy) is 1. The van der Waals surface area contributed by atoms with Crippen LogP contribution >= 0.6 is 10.7 Å². The van der Waals surface area contributed by atoms with E-state index in [4.69, 9.17) is 15.4 Å². The van der Waals surface area contributed by atoms with Gasteiger partial charge in [0.05, 0.1) is 33.8 Å². The molecule has 13 heteroatoms. The Balaban J connectivity index is 0.000000380. The quantitative estimate of drug-likeness (QED) is 0.179. The first kappa shape index (κ1) is 28.9. The Kier molecular flexibility index (Phi) is 10.5. The number of rotatable bonds is 9. The molecule has 10 nitrogen and oxygen atoms in total. The van der Waals surface area contributed by atoms with Gasteiger partial charge in [-0.15, -0.1) is 0 Å². The molecule has 0 saturated heterocycles. The van der Waals surface area contributed by atoms with E-state index in [2.05, 4.69) is 4.72 Å². The number of hydrogen-bond donors (Lipinski definition) is 1. The highest BCUT2D eigenvalue weighted by molar-refractivity contribution is 8.13. The van der Waals surface area contributed by atoms with Gasteiger partial charge in [0.15, 0.2) is 0 Å². The van der Waals surface area contributed by atoms with E-state index < -0.39 is 36.0 Å². The van der Waals surface area contributed by atoms with Gasteiger partial charge in [0.2, 0.25) is 10.0 Å². The molecule has 1 unspecified atom stereocenters. The van der Waals surface area contributed by atoms with Crippen LogP contribution in [0.2, 0.25) is 0 Å². The van der Waals surface area contributed by atoms with Crippen LogP contribution in [0.15, 0.2) is 94.7 Å². The van der Waals surface area contributed by atoms with Crippen molar-refractivity contribution in [2.45, 2.75) is 29.2 Å². The van der Waals surface area contributed by atoms with E-state index >= 15 is 0 Å². The number of nitrogens with one attached hydrogen (secondary N) is 1. The number of hydrogen-bond acceptors (Lipinski definition) is 8. The molecule has 0 aromatic heterocycles. The summed E-state index contributed by atoms with van der Waals surface area (Å²) in [5.41, 5.74) is 0.0991. The predicted octanol–water partition coefficient (Wildman–Crippen LogP) is 4.18. The Morgan fingerprint density at radius 2 is 1.50 bits per heavy atom. The third-order valence-corrected chi connectivity index (χ3v) is 7.39. The molecule has 0 radical (unpaired) electrons. The second-order valence-corrected chi connectivity index (χ2v) is 11.4. The van der Waals surface area contributed by atoms with E-state index in [0.717, 1.165) is 0 Å². The summed E-state index contributed by atoms with van der Waals surface area (Å²) in [6, 6.07) is 20.0. The van der Waals surface area contributed by atoms with Crippen molar-refractivity contribution in [2.24, 2.45) is 0 Å². The van der Waals surface area contributed by atoms with Crippen molar-refractivity contribution < 1.29 is 31.3 Å². The van der Waals surface area contributed by atoms with E-state index in [-0.39, 0.29) is 28.5 Å². The fourth-order valence-corrected chi connectivity index (χ4v) is 4.94. The summed E-state index contributed by atoms with van der Waals surface area (Å²) in [6.45, 7) is 1.78. The lowest BCUT2D eigenvalue weighted by Crippen LogP contribution is -2.30. The molecule has 0 saturated carbocycles. The Bertz CT molecular complexity index is 1380. The fraction of sp³-hybridized carbons (Fsp3) is 0.174. The zero-order valence-corrected chi connectivity index (χ0v) is 21.4. The SMILES string of the molecule is CCOC(=O)CC(NS(=O)(=O)c1ccccc1)c1cccc([N+](=O)[O-])c1.O=S(=O)(Cl)c1ccccc1. The molecular formula is C23H23ClN2O8S2. The summed E-state index contributed by atoms with van der Waals surface area (Å²) in [5.74, 6) is -0.611. The number of carbonyl (C=O) groups is 1. The van der Waals surface area contributed by atoms with Crippen LogP contribution in [0.3, 0.4) is 0 Å². The van der Waals surface area contributed by atoms with E-state index in [1.165, 1.54) is 48.5 Å². The lowest BCUT2D eigenvalue weighted by molar-refractivity contribution is -0.384. The zero-order valence-electron chi connectivity index (χ0n) is 19.0. The van der Waals surface area contributed by atoms with E-state index in [0.29, 0.717) is 5.56 Å². The van der Waals surface area contributed by atoms with Crippen LogP contribution in [0.5, 0.6) is 0 Å². The van der Waals surface area contributed by atoms with Gasteiger partial charge in [-0.1, -0.05) is 48.5 Å². The number of benzene rings is 3. The Morgan fingerprint density at radius 1 is 0.944 bits per heavy atom. The van der Waals surface area contributed by atoms with Crippen molar-refractivity contribution in [3.63, 3.8) is 0 Å². The first-order valence-corrected chi connectivity index (χ1v) is 14.2. The smallest absolute Gasteiger partial charge is 0.307 e. The molecule has 0 amide bonds. The second kappa shape index (κ2) is 13.1. The van der Waals surface area contributed by atoms with Crippen molar-refractivity contribution in [1.82, 2.24) is 4.72 Å². The van der Waals surface area contributed by atoms with Crippen molar-refractivity contribution in [1.29, 1.82) is 0 Å². The van der Waals surface area contributed by atoms with Gasteiger partial charge in [-0.05, 0) is 36.8 Å². The maximum absolute atomic E-state index is 12.6. The van der Waals surface area contributed by atoms with Gasteiger partial charge in [0.25, 0.3) is 14.7 Å². The van der Waals surface area contributed by atoms with E-state index in [1.54, 1.807) is 43.3 Å². The molecule has 0 aliphatic heterocycles. The number of halogens is 1. The van der Waals surface area contributed by atoms with Crippen molar-refractivity contribution in [2.75, 3.05) is 6.61 Å². The summed E-state index contributed by atoms with van der Waals surface area (Å²) < 4.78 is 53.7. The van der Waals surface area contributed by atoms with Gasteiger partial charge in [0.1, 0.15) is 0 Å². The molecule has 1 N–H and O–H groups in total. The third kappa shape index (κ3) is 9.04. The van der Waals surface area contributed by atoms with Gasteiger partial charge < -0.3 is 4.74 Å². The maximum Gasteiger partial charge on any atom is 0.307 e. The van der Waals surface area contributed by atoms with Crippen molar-refractivity contribution >= 4 is 41.4 Å². The van der Waals surface area contributed by atoms with Gasteiger partial charge in [-0.2, -0.15) is 0 Å². The van der Waals surface area contributed by atoms with E-state index in [1.807, 2.05) is 0 Å². The summed E-state index contributed by atoms with van der Waals surface area (Å²) in [4.78, 5) is 22.4. The van der Waals surface area contributed by atoms with Crippen LogP contribution in [0, 0.1) is 10.1 Å². The van der Waals surface area contributed by atoms with Crippen LogP contribution < -0.4 is 4.72 Å². The highest BCUT2D eigenvalue weighted by atomic mass is 35.7. The van der Waals surface area contributed by atoms with Gasteiger partial charge in [-0.25, -0.2) is 21.6 Å².